The molecule has 1 aliphatic heterocycles. The third-order valence-electron chi connectivity index (χ3n) is 4.19. The van der Waals surface area contributed by atoms with Crippen molar-refractivity contribution in [2.75, 3.05) is 32.8 Å². The molecule has 0 aromatic carbocycles. The Kier molecular flexibility index (Phi) is 10.5. The van der Waals surface area contributed by atoms with E-state index in [9.17, 15) is 4.79 Å². The van der Waals surface area contributed by atoms with Crippen LogP contribution in [0.2, 0.25) is 0 Å². The van der Waals surface area contributed by atoms with Gasteiger partial charge in [0, 0.05) is 19.0 Å². The zero-order chi connectivity index (χ0) is 15.3. The molecule has 0 spiro atoms. The SMILES string of the molecule is CCCNCC1CCCCN1CCCCCC(=O)OCC. The van der Waals surface area contributed by atoms with Gasteiger partial charge in [0.1, 0.15) is 0 Å². The first-order valence-electron chi connectivity index (χ1n) is 8.88. The van der Waals surface area contributed by atoms with Crippen molar-refractivity contribution in [3.63, 3.8) is 0 Å². The molecule has 0 aromatic rings. The number of esters is 1. The minimum Gasteiger partial charge on any atom is -0.466 e. The number of nitrogens with zero attached hydrogens (tertiary/aromatic N) is 1. The molecule has 0 amide bonds. The van der Waals surface area contributed by atoms with Crippen LogP contribution in [0.15, 0.2) is 0 Å². The van der Waals surface area contributed by atoms with E-state index in [1.165, 1.54) is 45.2 Å². The van der Waals surface area contributed by atoms with E-state index in [1.807, 2.05) is 6.92 Å². The monoisotopic (exact) mass is 298 g/mol. The van der Waals surface area contributed by atoms with Gasteiger partial charge in [-0.1, -0.05) is 19.8 Å². The molecule has 1 heterocycles. The highest BCUT2D eigenvalue weighted by molar-refractivity contribution is 5.69. The zero-order valence-electron chi connectivity index (χ0n) is 14.0. The Labute approximate surface area is 130 Å². The molecule has 1 fully saturated rings. The van der Waals surface area contributed by atoms with Crippen LogP contribution in [0.1, 0.15) is 65.2 Å². The van der Waals surface area contributed by atoms with E-state index in [0.717, 1.165) is 32.0 Å². The molecular formula is C17H34N2O2. The molecular weight excluding hydrogens is 264 g/mol. The van der Waals surface area contributed by atoms with Crippen LogP contribution >= 0.6 is 0 Å². The van der Waals surface area contributed by atoms with E-state index in [2.05, 4.69) is 17.1 Å². The fourth-order valence-electron chi connectivity index (χ4n) is 3.03. The van der Waals surface area contributed by atoms with E-state index in [4.69, 9.17) is 4.74 Å². The quantitative estimate of drug-likeness (QED) is 0.470. The van der Waals surface area contributed by atoms with Gasteiger partial charge in [0.2, 0.25) is 0 Å². The molecule has 1 rings (SSSR count). The molecule has 1 saturated heterocycles. The summed E-state index contributed by atoms with van der Waals surface area (Å²) in [6.07, 6.45) is 9.12. The highest BCUT2D eigenvalue weighted by Crippen LogP contribution is 2.17. The van der Waals surface area contributed by atoms with Gasteiger partial charge in [-0.15, -0.1) is 0 Å². The van der Waals surface area contributed by atoms with Gasteiger partial charge in [-0.25, -0.2) is 0 Å². The summed E-state index contributed by atoms with van der Waals surface area (Å²) < 4.78 is 4.95. The summed E-state index contributed by atoms with van der Waals surface area (Å²) in [5.41, 5.74) is 0. The maximum atomic E-state index is 11.3. The number of hydrogen-bond acceptors (Lipinski definition) is 4. The highest BCUT2D eigenvalue weighted by atomic mass is 16.5. The van der Waals surface area contributed by atoms with Gasteiger partial charge < -0.3 is 10.1 Å². The third-order valence-corrected chi connectivity index (χ3v) is 4.19. The van der Waals surface area contributed by atoms with Gasteiger partial charge in [0.25, 0.3) is 0 Å². The van der Waals surface area contributed by atoms with Gasteiger partial charge in [-0.05, 0) is 58.7 Å². The van der Waals surface area contributed by atoms with Crippen LogP contribution in [0, 0.1) is 0 Å². The Bertz CT molecular complexity index is 272. The number of carbonyl (C=O) groups is 1. The summed E-state index contributed by atoms with van der Waals surface area (Å²) in [4.78, 5) is 13.9. The third kappa shape index (κ3) is 8.42. The summed E-state index contributed by atoms with van der Waals surface area (Å²) in [6.45, 7) is 9.27. The second-order valence-corrected chi connectivity index (χ2v) is 6.01. The highest BCUT2D eigenvalue weighted by Gasteiger charge is 2.21. The number of nitrogens with one attached hydrogen (secondary N) is 1. The van der Waals surface area contributed by atoms with Crippen LogP contribution in [0.3, 0.4) is 0 Å². The molecule has 1 N–H and O–H groups in total. The standard InChI is InChI=1S/C17H34N2O2/c1-3-12-18-15-16-10-7-9-14-19(16)13-8-5-6-11-17(20)21-4-2/h16,18H,3-15H2,1-2H3. The van der Waals surface area contributed by atoms with Crippen molar-refractivity contribution in [2.45, 2.75) is 71.3 Å². The van der Waals surface area contributed by atoms with Crippen LogP contribution in [0.5, 0.6) is 0 Å². The topological polar surface area (TPSA) is 41.6 Å². The van der Waals surface area contributed by atoms with Crippen molar-refractivity contribution in [3.05, 3.63) is 0 Å². The second-order valence-electron chi connectivity index (χ2n) is 6.01. The van der Waals surface area contributed by atoms with Crippen molar-refractivity contribution in [2.24, 2.45) is 0 Å². The Morgan fingerprint density at radius 1 is 1.24 bits per heavy atom. The minimum absolute atomic E-state index is 0.0443. The van der Waals surface area contributed by atoms with Gasteiger partial charge in [-0.3, -0.25) is 9.69 Å². The minimum atomic E-state index is -0.0443. The lowest BCUT2D eigenvalue weighted by Gasteiger charge is -2.36. The largest absolute Gasteiger partial charge is 0.466 e. The molecule has 1 unspecified atom stereocenters. The van der Waals surface area contributed by atoms with E-state index in [1.54, 1.807) is 0 Å². The Hall–Kier alpha value is -0.610. The molecule has 4 nitrogen and oxygen atoms in total. The molecule has 0 aromatic heterocycles. The summed E-state index contributed by atoms with van der Waals surface area (Å²) in [5, 5.41) is 3.56. The second kappa shape index (κ2) is 12.0. The lowest BCUT2D eigenvalue weighted by molar-refractivity contribution is -0.143. The van der Waals surface area contributed by atoms with Crippen LogP contribution in [-0.2, 0) is 9.53 Å². The molecule has 21 heavy (non-hydrogen) atoms. The molecule has 0 radical (unpaired) electrons. The first-order chi connectivity index (χ1) is 10.3. The normalized spacial score (nSPS) is 19.6. The van der Waals surface area contributed by atoms with Crippen LogP contribution in [0.4, 0.5) is 0 Å². The summed E-state index contributed by atoms with van der Waals surface area (Å²) in [6, 6.07) is 0.718. The van der Waals surface area contributed by atoms with Gasteiger partial charge in [0.05, 0.1) is 6.61 Å². The maximum absolute atomic E-state index is 11.3. The van der Waals surface area contributed by atoms with Crippen molar-refractivity contribution in [1.29, 1.82) is 0 Å². The van der Waals surface area contributed by atoms with Crippen molar-refractivity contribution < 1.29 is 9.53 Å². The number of ether oxygens (including phenoxy) is 1. The van der Waals surface area contributed by atoms with Gasteiger partial charge >= 0.3 is 5.97 Å². The molecule has 0 bridgehead atoms. The maximum Gasteiger partial charge on any atom is 0.305 e. The Morgan fingerprint density at radius 3 is 2.86 bits per heavy atom. The smallest absolute Gasteiger partial charge is 0.305 e. The van der Waals surface area contributed by atoms with E-state index < -0.39 is 0 Å². The van der Waals surface area contributed by atoms with Crippen LogP contribution in [-0.4, -0.2) is 49.7 Å². The number of unbranched alkanes of at least 4 members (excludes halogenated alkanes) is 2. The number of rotatable bonds is 11. The first-order valence-corrected chi connectivity index (χ1v) is 8.88. The van der Waals surface area contributed by atoms with E-state index >= 15 is 0 Å². The summed E-state index contributed by atoms with van der Waals surface area (Å²) >= 11 is 0. The molecule has 4 heteroatoms. The van der Waals surface area contributed by atoms with Crippen molar-refractivity contribution in [1.82, 2.24) is 10.2 Å². The molecule has 1 aliphatic rings. The Balaban J connectivity index is 2.11. The van der Waals surface area contributed by atoms with Crippen molar-refractivity contribution >= 4 is 5.97 Å². The number of carbonyl (C=O) groups excluding carboxylic acids is 1. The fourth-order valence-corrected chi connectivity index (χ4v) is 3.03. The van der Waals surface area contributed by atoms with Crippen LogP contribution in [0.25, 0.3) is 0 Å². The number of hydrogen-bond donors (Lipinski definition) is 1. The fraction of sp³-hybridized carbons (Fsp3) is 0.941. The average Bonchev–Trinajstić information content (AvgIpc) is 2.49. The van der Waals surface area contributed by atoms with Crippen molar-refractivity contribution in [3.8, 4) is 0 Å². The average molecular weight is 298 g/mol. The molecule has 0 saturated carbocycles. The van der Waals surface area contributed by atoms with Crippen LogP contribution < -0.4 is 5.32 Å². The summed E-state index contributed by atoms with van der Waals surface area (Å²) in [7, 11) is 0. The lowest BCUT2D eigenvalue weighted by Crippen LogP contribution is -2.45. The Morgan fingerprint density at radius 2 is 2.10 bits per heavy atom. The predicted octanol–water partition coefficient (Wildman–Crippen LogP) is 2.96. The van der Waals surface area contributed by atoms with Gasteiger partial charge in [-0.2, -0.15) is 0 Å². The number of likely N-dealkylation sites (tertiary alicyclic amines) is 1. The molecule has 0 aliphatic carbocycles. The van der Waals surface area contributed by atoms with E-state index in [-0.39, 0.29) is 5.97 Å². The molecule has 1 atom stereocenters. The van der Waals surface area contributed by atoms with Gasteiger partial charge in [0.15, 0.2) is 0 Å². The summed E-state index contributed by atoms with van der Waals surface area (Å²) in [5.74, 6) is -0.0443. The lowest BCUT2D eigenvalue weighted by atomic mass is 10.0. The van der Waals surface area contributed by atoms with E-state index in [0.29, 0.717) is 13.0 Å². The predicted molar refractivity (Wildman–Crippen MR) is 87.5 cm³/mol. The zero-order valence-corrected chi connectivity index (χ0v) is 14.0. The number of piperidine rings is 1. The molecule has 124 valence electrons. The first kappa shape index (κ1) is 18.4.